The van der Waals surface area contributed by atoms with Gasteiger partial charge in [0.2, 0.25) is 5.75 Å². The first-order valence-corrected chi connectivity index (χ1v) is 8.28. The summed E-state index contributed by atoms with van der Waals surface area (Å²) in [5.74, 6) is 2.20. The average molecular weight is 376 g/mol. The second-order valence-corrected chi connectivity index (χ2v) is 5.53. The van der Waals surface area contributed by atoms with E-state index in [1.54, 1.807) is 55.7 Å². The average Bonchev–Trinajstić information content (AvgIpc) is 2.75. The Kier molecular flexibility index (Phi) is 7.07. The molecule has 2 aromatic carbocycles. The zero-order valence-electron chi connectivity index (χ0n) is 16.1. The van der Waals surface area contributed by atoms with Gasteiger partial charge in [0.1, 0.15) is 23.5 Å². The lowest BCUT2D eigenvalue weighted by molar-refractivity contribution is 0.324. The summed E-state index contributed by atoms with van der Waals surface area (Å²) in [4.78, 5) is 0. The molecule has 2 aromatic rings. The summed E-state index contributed by atoms with van der Waals surface area (Å²) in [6.07, 6.45) is 3.49. The van der Waals surface area contributed by atoms with Crippen molar-refractivity contribution in [2.75, 3.05) is 28.4 Å². The topological polar surface area (TPSA) is 84.5 Å². The molecule has 6 heteroatoms. The van der Waals surface area contributed by atoms with Gasteiger partial charge in [-0.05, 0) is 35.4 Å². The highest BCUT2D eigenvalue weighted by molar-refractivity contribution is 5.85. The molecular formula is C22H20N2O4. The minimum absolute atomic E-state index is 0.00820. The first-order chi connectivity index (χ1) is 13.6. The van der Waals surface area contributed by atoms with Crippen LogP contribution in [0.25, 0.3) is 11.6 Å². The molecule has 2 rings (SSSR count). The molecule has 0 aliphatic rings. The van der Waals surface area contributed by atoms with E-state index in [0.29, 0.717) is 28.6 Å². The van der Waals surface area contributed by atoms with E-state index in [-0.39, 0.29) is 5.57 Å². The molecule has 0 saturated heterocycles. The molecule has 0 unspecified atom stereocenters. The zero-order chi connectivity index (χ0) is 20.5. The minimum atomic E-state index is 0.00820. The summed E-state index contributed by atoms with van der Waals surface area (Å²) < 4.78 is 21.2. The Morgan fingerprint density at radius 3 is 1.82 bits per heavy atom. The van der Waals surface area contributed by atoms with Gasteiger partial charge in [-0.3, -0.25) is 0 Å². The zero-order valence-corrected chi connectivity index (χ0v) is 16.1. The largest absolute Gasteiger partial charge is 0.497 e. The normalized spacial score (nSPS) is 9.93. The van der Waals surface area contributed by atoms with E-state index < -0.39 is 0 Å². The summed E-state index contributed by atoms with van der Waals surface area (Å²) >= 11 is 0. The van der Waals surface area contributed by atoms with Crippen molar-refractivity contribution in [3.63, 3.8) is 0 Å². The second kappa shape index (κ2) is 9.70. The fourth-order valence-corrected chi connectivity index (χ4v) is 2.62. The molecule has 0 radical (unpaired) electrons. The van der Waals surface area contributed by atoms with Gasteiger partial charge in [0.05, 0.1) is 28.4 Å². The fourth-order valence-electron chi connectivity index (χ4n) is 2.62. The van der Waals surface area contributed by atoms with Crippen LogP contribution in [0.15, 0.2) is 48.0 Å². The van der Waals surface area contributed by atoms with Gasteiger partial charge in [0.15, 0.2) is 11.5 Å². The maximum Gasteiger partial charge on any atom is 0.203 e. The van der Waals surface area contributed by atoms with Crippen molar-refractivity contribution in [2.24, 2.45) is 0 Å². The van der Waals surface area contributed by atoms with Crippen LogP contribution >= 0.6 is 0 Å². The molecule has 0 heterocycles. The minimum Gasteiger partial charge on any atom is -0.497 e. The third kappa shape index (κ3) is 4.44. The number of benzene rings is 2. The predicted octanol–water partition coefficient (Wildman–Crippen LogP) is 4.24. The summed E-state index contributed by atoms with van der Waals surface area (Å²) in [5.41, 5.74) is 1.99. The monoisotopic (exact) mass is 376 g/mol. The first-order valence-electron chi connectivity index (χ1n) is 8.28. The van der Waals surface area contributed by atoms with Crippen molar-refractivity contribution < 1.29 is 18.9 Å². The van der Waals surface area contributed by atoms with E-state index in [4.69, 9.17) is 18.9 Å². The van der Waals surface area contributed by atoms with Gasteiger partial charge in [-0.1, -0.05) is 24.3 Å². The number of nitrogens with zero attached hydrogens (tertiary/aromatic N) is 2. The van der Waals surface area contributed by atoms with Crippen molar-refractivity contribution in [3.8, 4) is 35.1 Å². The van der Waals surface area contributed by atoms with Gasteiger partial charge in [-0.2, -0.15) is 10.5 Å². The number of nitriles is 2. The van der Waals surface area contributed by atoms with Crippen molar-refractivity contribution in [3.05, 3.63) is 59.2 Å². The van der Waals surface area contributed by atoms with E-state index in [0.717, 1.165) is 11.1 Å². The van der Waals surface area contributed by atoms with Gasteiger partial charge in [-0.25, -0.2) is 0 Å². The van der Waals surface area contributed by atoms with E-state index >= 15 is 0 Å². The Labute approximate surface area is 164 Å². The molecule has 0 aromatic heterocycles. The van der Waals surface area contributed by atoms with Crippen LogP contribution in [0.2, 0.25) is 0 Å². The lowest BCUT2D eigenvalue weighted by atomic mass is 9.99. The first kappa shape index (κ1) is 20.4. The molecule has 142 valence electrons. The SMILES string of the molecule is COc1ccc(C(/C=C/c2cc(OC)c(OC)c(OC)c2)=C(C#N)C#N)cc1. The molecule has 28 heavy (non-hydrogen) atoms. The summed E-state index contributed by atoms with van der Waals surface area (Å²) in [5, 5.41) is 18.7. The van der Waals surface area contributed by atoms with Crippen molar-refractivity contribution in [1.29, 1.82) is 10.5 Å². The van der Waals surface area contributed by atoms with Crippen molar-refractivity contribution >= 4 is 11.6 Å². The van der Waals surface area contributed by atoms with Gasteiger partial charge < -0.3 is 18.9 Å². The summed E-state index contributed by atoms with van der Waals surface area (Å²) in [6.45, 7) is 0. The Morgan fingerprint density at radius 2 is 1.39 bits per heavy atom. The quantitative estimate of drug-likeness (QED) is 0.531. The van der Waals surface area contributed by atoms with Gasteiger partial charge in [-0.15, -0.1) is 0 Å². The summed E-state index contributed by atoms with van der Waals surface area (Å²) in [7, 11) is 6.19. The number of ether oxygens (including phenoxy) is 4. The van der Waals surface area contributed by atoms with Crippen LogP contribution in [0.3, 0.4) is 0 Å². The fraction of sp³-hybridized carbons (Fsp3) is 0.182. The number of rotatable bonds is 7. The molecule has 0 bridgehead atoms. The third-order valence-corrected chi connectivity index (χ3v) is 4.02. The van der Waals surface area contributed by atoms with E-state index in [1.807, 2.05) is 12.1 Å². The molecule has 6 nitrogen and oxygen atoms in total. The van der Waals surface area contributed by atoms with Crippen LogP contribution in [0.1, 0.15) is 11.1 Å². The predicted molar refractivity (Wildman–Crippen MR) is 106 cm³/mol. The van der Waals surface area contributed by atoms with Crippen LogP contribution in [0.5, 0.6) is 23.0 Å². The standard InChI is InChI=1S/C22H20N2O4/c1-25-18-8-6-16(7-9-18)19(17(13-23)14-24)10-5-15-11-20(26-2)22(28-4)21(12-15)27-3/h5-12H,1-4H3/b10-5+. The molecule has 0 fully saturated rings. The van der Waals surface area contributed by atoms with Gasteiger partial charge in [0, 0.05) is 5.57 Å². The van der Waals surface area contributed by atoms with Crippen LogP contribution in [0, 0.1) is 22.7 Å². The van der Waals surface area contributed by atoms with Crippen molar-refractivity contribution in [2.45, 2.75) is 0 Å². The molecule has 0 atom stereocenters. The number of hydrogen-bond acceptors (Lipinski definition) is 6. The Hall–Kier alpha value is -3.90. The smallest absolute Gasteiger partial charge is 0.203 e. The van der Waals surface area contributed by atoms with E-state index in [1.165, 1.54) is 21.3 Å². The lowest BCUT2D eigenvalue weighted by Crippen LogP contribution is -1.95. The molecule has 0 N–H and O–H groups in total. The molecule has 0 amide bonds. The highest BCUT2D eigenvalue weighted by atomic mass is 16.5. The molecule has 0 aliphatic heterocycles. The maximum absolute atomic E-state index is 9.34. The lowest BCUT2D eigenvalue weighted by Gasteiger charge is -2.13. The van der Waals surface area contributed by atoms with Crippen LogP contribution in [0.4, 0.5) is 0 Å². The second-order valence-electron chi connectivity index (χ2n) is 5.53. The number of methoxy groups -OCH3 is 4. The molecular weight excluding hydrogens is 356 g/mol. The van der Waals surface area contributed by atoms with Crippen LogP contribution in [-0.4, -0.2) is 28.4 Å². The molecule has 0 aliphatic carbocycles. The maximum atomic E-state index is 9.34. The summed E-state index contributed by atoms with van der Waals surface area (Å²) in [6, 6.07) is 14.6. The number of allylic oxidation sites excluding steroid dienone is 3. The third-order valence-electron chi connectivity index (χ3n) is 4.02. The van der Waals surface area contributed by atoms with Crippen LogP contribution in [-0.2, 0) is 0 Å². The number of hydrogen-bond donors (Lipinski definition) is 0. The Morgan fingerprint density at radius 1 is 0.821 bits per heavy atom. The molecule has 0 spiro atoms. The van der Waals surface area contributed by atoms with Crippen molar-refractivity contribution in [1.82, 2.24) is 0 Å². The van der Waals surface area contributed by atoms with E-state index in [9.17, 15) is 10.5 Å². The Bertz CT molecular complexity index is 936. The van der Waals surface area contributed by atoms with Crippen LogP contribution < -0.4 is 18.9 Å². The highest BCUT2D eigenvalue weighted by Crippen LogP contribution is 2.38. The van der Waals surface area contributed by atoms with E-state index in [2.05, 4.69) is 0 Å². The Balaban J connectivity index is 2.53. The molecule has 0 saturated carbocycles. The van der Waals surface area contributed by atoms with Gasteiger partial charge in [0.25, 0.3) is 0 Å². The highest BCUT2D eigenvalue weighted by Gasteiger charge is 2.13. The van der Waals surface area contributed by atoms with Gasteiger partial charge >= 0.3 is 0 Å².